The molecule has 0 nitrogen and oxygen atoms in total. The zero-order valence-corrected chi connectivity index (χ0v) is 8.06. The minimum absolute atomic E-state index is 0.749. The lowest BCUT2D eigenvalue weighted by Crippen LogP contribution is -2.17. The molecule has 0 aliphatic heterocycles. The molecule has 0 radical (unpaired) electrons. The summed E-state index contributed by atoms with van der Waals surface area (Å²) in [5.74, 6) is 3.06. The van der Waals surface area contributed by atoms with Crippen molar-refractivity contribution in [3.63, 3.8) is 0 Å². The molecule has 0 aromatic rings. The van der Waals surface area contributed by atoms with Gasteiger partial charge in [0.05, 0.1) is 0 Å². The van der Waals surface area contributed by atoms with Gasteiger partial charge in [0.1, 0.15) is 0 Å². The first-order valence-corrected chi connectivity index (χ1v) is 5.13. The summed E-state index contributed by atoms with van der Waals surface area (Å²) in [5.41, 5.74) is 0.749. The van der Waals surface area contributed by atoms with Gasteiger partial charge in [0.2, 0.25) is 0 Å². The summed E-state index contributed by atoms with van der Waals surface area (Å²) in [7, 11) is 0. The molecule has 2 saturated carbocycles. The Labute approximate surface area is 70.4 Å². The maximum absolute atomic E-state index is 2.52. The highest BCUT2D eigenvalue weighted by atomic mass is 14.5. The Balaban J connectivity index is 2.21. The molecule has 2 aliphatic carbocycles. The summed E-state index contributed by atoms with van der Waals surface area (Å²) in [6.07, 6.45) is 6.02. The van der Waals surface area contributed by atoms with Crippen molar-refractivity contribution < 1.29 is 0 Å². The molecule has 3 unspecified atom stereocenters. The highest BCUT2D eigenvalue weighted by Gasteiger charge is 2.49. The molecule has 0 heterocycles. The third-order valence-corrected chi connectivity index (χ3v) is 4.48. The third kappa shape index (κ3) is 0.947. The normalized spacial score (nSPS) is 56.5. The third-order valence-electron chi connectivity index (χ3n) is 4.48. The lowest BCUT2D eigenvalue weighted by atomic mass is 9.80. The van der Waals surface area contributed by atoms with Crippen LogP contribution in [-0.2, 0) is 0 Å². The lowest BCUT2D eigenvalue weighted by molar-refractivity contribution is 0.246. The quantitative estimate of drug-likeness (QED) is 0.498. The van der Waals surface area contributed by atoms with Crippen molar-refractivity contribution in [1.29, 1.82) is 0 Å². The van der Waals surface area contributed by atoms with Crippen LogP contribution in [0.1, 0.15) is 46.5 Å². The Morgan fingerprint density at radius 2 is 2.00 bits per heavy atom. The lowest BCUT2D eigenvalue weighted by Gasteiger charge is -2.24. The van der Waals surface area contributed by atoms with E-state index in [-0.39, 0.29) is 0 Å². The van der Waals surface area contributed by atoms with Crippen LogP contribution < -0.4 is 0 Å². The first-order chi connectivity index (χ1) is 5.13. The van der Waals surface area contributed by atoms with Gasteiger partial charge in [-0.25, -0.2) is 0 Å². The fraction of sp³-hybridized carbons (Fsp3) is 1.00. The first kappa shape index (κ1) is 7.64. The fourth-order valence-electron chi connectivity index (χ4n) is 3.73. The van der Waals surface area contributed by atoms with E-state index >= 15 is 0 Å². The van der Waals surface area contributed by atoms with E-state index in [9.17, 15) is 0 Å². The van der Waals surface area contributed by atoms with Crippen LogP contribution in [0.5, 0.6) is 0 Å². The maximum atomic E-state index is 2.52. The Hall–Kier alpha value is 0. The van der Waals surface area contributed by atoms with Gasteiger partial charge in [-0.3, -0.25) is 0 Å². The van der Waals surface area contributed by atoms with Gasteiger partial charge in [-0.2, -0.15) is 0 Å². The number of rotatable bonds is 0. The first-order valence-electron chi connectivity index (χ1n) is 5.13. The van der Waals surface area contributed by atoms with Crippen molar-refractivity contribution in [1.82, 2.24) is 0 Å². The van der Waals surface area contributed by atoms with E-state index in [0.717, 1.165) is 23.2 Å². The Kier molecular flexibility index (Phi) is 1.56. The zero-order valence-electron chi connectivity index (χ0n) is 8.06. The predicted octanol–water partition coefficient (Wildman–Crippen LogP) is 3.47. The molecule has 0 saturated heterocycles. The van der Waals surface area contributed by atoms with E-state index in [1.807, 2.05) is 0 Å². The van der Waals surface area contributed by atoms with Crippen molar-refractivity contribution in [2.45, 2.75) is 46.5 Å². The zero-order chi connectivity index (χ0) is 8.06. The predicted molar refractivity (Wildman–Crippen MR) is 48.4 cm³/mol. The van der Waals surface area contributed by atoms with Crippen molar-refractivity contribution in [3.8, 4) is 0 Å². The molecule has 64 valence electrons. The van der Waals surface area contributed by atoms with Gasteiger partial charge in [-0.05, 0) is 42.4 Å². The highest BCUT2D eigenvalue weighted by molar-refractivity contribution is 4.98. The standard InChI is InChI=1S/C11H20/c1-8-7-11(3)6-4-5-10(11)9(8)2/h8-10H,4-7H2,1-3H3/t8?,9-,10?,11?/m0/s1. The summed E-state index contributed by atoms with van der Waals surface area (Å²) < 4.78 is 0. The molecule has 2 aliphatic rings. The van der Waals surface area contributed by atoms with Crippen LogP contribution in [0.15, 0.2) is 0 Å². The van der Waals surface area contributed by atoms with Gasteiger partial charge in [0.15, 0.2) is 0 Å². The Bertz CT molecular complexity index is 161. The summed E-state index contributed by atoms with van der Waals surface area (Å²) in [6.45, 7) is 7.42. The van der Waals surface area contributed by atoms with Crippen LogP contribution in [0.2, 0.25) is 0 Å². The van der Waals surface area contributed by atoms with Crippen LogP contribution in [0.4, 0.5) is 0 Å². The second-order valence-corrected chi connectivity index (χ2v) is 5.19. The molecule has 0 heteroatoms. The summed E-state index contributed by atoms with van der Waals surface area (Å²) >= 11 is 0. The smallest absolute Gasteiger partial charge is 0.0292 e. The molecule has 11 heavy (non-hydrogen) atoms. The average Bonchev–Trinajstić information content (AvgIpc) is 2.36. The molecule has 0 aromatic carbocycles. The van der Waals surface area contributed by atoms with E-state index in [0.29, 0.717) is 0 Å². The van der Waals surface area contributed by atoms with E-state index in [2.05, 4.69) is 20.8 Å². The molecule has 0 bridgehead atoms. The minimum atomic E-state index is 0.749. The van der Waals surface area contributed by atoms with Crippen LogP contribution in [0.25, 0.3) is 0 Å². The largest absolute Gasteiger partial charge is 0.0622 e. The minimum Gasteiger partial charge on any atom is -0.0622 e. The summed E-state index contributed by atoms with van der Waals surface area (Å²) in [4.78, 5) is 0. The fourth-order valence-corrected chi connectivity index (χ4v) is 3.73. The molecule has 0 N–H and O–H groups in total. The van der Waals surface area contributed by atoms with E-state index in [1.54, 1.807) is 0 Å². The summed E-state index contributed by atoms with van der Waals surface area (Å²) in [5, 5.41) is 0. The van der Waals surface area contributed by atoms with E-state index in [4.69, 9.17) is 0 Å². The number of fused-ring (bicyclic) bond motifs is 1. The second kappa shape index (κ2) is 2.24. The van der Waals surface area contributed by atoms with Gasteiger partial charge in [0.25, 0.3) is 0 Å². The van der Waals surface area contributed by atoms with E-state index in [1.165, 1.54) is 25.7 Å². The average molecular weight is 152 g/mol. The number of hydrogen-bond acceptors (Lipinski definition) is 0. The molecule has 0 amide bonds. The molecule has 0 spiro atoms. The van der Waals surface area contributed by atoms with Crippen LogP contribution in [0.3, 0.4) is 0 Å². The molecule has 2 fully saturated rings. The maximum Gasteiger partial charge on any atom is -0.0292 e. The van der Waals surface area contributed by atoms with Crippen molar-refractivity contribution in [2.24, 2.45) is 23.2 Å². The highest BCUT2D eigenvalue weighted by Crippen LogP contribution is 2.58. The van der Waals surface area contributed by atoms with Gasteiger partial charge < -0.3 is 0 Å². The van der Waals surface area contributed by atoms with Gasteiger partial charge in [-0.15, -0.1) is 0 Å². The summed E-state index contributed by atoms with van der Waals surface area (Å²) in [6, 6.07) is 0. The van der Waals surface area contributed by atoms with Crippen molar-refractivity contribution >= 4 is 0 Å². The van der Waals surface area contributed by atoms with Crippen LogP contribution in [-0.4, -0.2) is 0 Å². The molecular weight excluding hydrogens is 132 g/mol. The molecule has 2 rings (SSSR count). The van der Waals surface area contributed by atoms with Crippen molar-refractivity contribution in [2.75, 3.05) is 0 Å². The van der Waals surface area contributed by atoms with E-state index < -0.39 is 0 Å². The van der Waals surface area contributed by atoms with Gasteiger partial charge >= 0.3 is 0 Å². The molecular formula is C11H20. The Morgan fingerprint density at radius 3 is 2.64 bits per heavy atom. The van der Waals surface area contributed by atoms with Crippen LogP contribution >= 0.6 is 0 Å². The Morgan fingerprint density at radius 1 is 1.27 bits per heavy atom. The monoisotopic (exact) mass is 152 g/mol. The molecule has 4 atom stereocenters. The van der Waals surface area contributed by atoms with Crippen molar-refractivity contribution in [3.05, 3.63) is 0 Å². The SMILES string of the molecule is CC1CC2(C)CCCC2[C@H]1C. The van der Waals surface area contributed by atoms with Gasteiger partial charge in [-0.1, -0.05) is 27.2 Å². The second-order valence-electron chi connectivity index (χ2n) is 5.19. The topological polar surface area (TPSA) is 0 Å². The molecule has 0 aromatic heterocycles. The van der Waals surface area contributed by atoms with Gasteiger partial charge in [0, 0.05) is 0 Å². The van der Waals surface area contributed by atoms with Crippen LogP contribution in [0, 0.1) is 23.2 Å². The number of hydrogen-bond donors (Lipinski definition) is 0.